The summed E-state index contributed by atoms with van der Waals surface area (Å²) < 4.78 is 10.3. The Kier molecular flexibility index (Phi) is 8.51. The van der Waals surface area contributed by atoms with Crippen LogP contribution >= 0.6 is 0 Å². The van der Waals surface area contributed by atoms with Crippen molar-refractivity contribution in [2.75, 3.05) is 39.8 Å². The van der Waals surface area contributed by atoms with Crippen LogP contribution in [0.25, 0.3) is 0 Å². The van der Waals surface area contributed by atoms with Crippen molar-refractivity contribution in [3.8, 4) is 0 Å². The highest BCUT2D eigenvalue weighted by Crippen LogP contribution is 2.18. The van der Waals surface area contributed by atoms with E-state index in [4.69, 9.17) is 9.47 Å². The average molecular weight is 356 g/mol. The molecule has 0 radical (unpaired) electrons. The lowest BCUT2D eigenvalue weighted by atomic mass is 9.98. The molecule has 0 bridgehead atoms. The standard InChI is InChI=1S/C17H32N4O4/c1-6-24-14(22)13-8-7-11-21(12-13)15(18-5)19-9-10-20-16(23)25-17(2,3)4/h13H,6-12H2,1-5H3,(H,18,19)(H,20,23). The molecule has 1 rings (SSSR count). The van der Waals surface area contributed by atoms with Crippen LogP contribution in [0.3, 0.4) is 0 Å². The second kappa shape index (κ2) is 10.1. The number of amides is 1. The molecule has 1 atom stereocenters. The average Bonchev–Trinajstić information content (AvgIpc) is 2.53. The van der Waals surface area contributed by atoms with Gasteiger partial charge in [0.25, 0.3) is 0 Å². The van der Waals surface area contributed by atoms with E-state index in [-0.39, 0.29) is 11.9 Å². The third kappa shape index (κ3) is 8.09. The van der Waals surface area contributed by atoms with Crippen molar-refractivity contribution in [1.82, 2.24) is 15.5 Å². The Morgan fingerprint density at radius 1 is 1.24 bits per heavy atom. The third-order valence-electron chi connectivity index (χ3n) is 3.63. The molecular weight excluding hydrogens is 324 g/mol. The van der Waals surface area contributed by atoms with Crippen LogP contribution in [0.2, 0.25) is 0 Å². The maximum atomic E-state index is 11.9. The minimum absolute atomic E-state index is 0.118. The number of aliphatic imine (C=N–C) groups is 1. The second-order valence-electron chi connectivity index (χ2n) is 6.94. The third-order valence-corrected chi connectivity index (χ3v) is 3.63. The first kappa shape index (κ1) is 21.1. The minimum atomic E-state index is -0.510. The van der Waals surface area contributed by atoms with E-state index in [1.54, 1.807) is 7.05 Å². The van der Waals surface area contributed by atoms with Gasteiger partial charge in [0.2, 0.25) is 0 Å². The van der Waals surface area contributed by atoms with Crippen LogP contribution in [-0.2, 0) is 14.3 Å². The molecule has 1 aliphatic rings. The van der Waals surface area contributed by atoms with Crippen molar-refractivity contribution in [2.45, 2.75) is 46.1 Å². The number of hydrogen-bond donors (Lipinski definition) is 2. The molecule has 0 saturated carbocycles. The highest BCUT2D eigenvalue weighted by Gasteiger charge is 2.28. The van der Waals surface area contributed by atoms with Crippen molar-refractivity contribution in [1.29, 1.82) is 0 Å². The van der Waals surface area contributed by atoms with Gasteiger partial charge in [0, 0.05) is 33.2 Å². The van der Waals surface area contributed by atoms with Gasteiger partial charge in [0.15, 0.2) is 5.96 Å². The van der Waals surface area contributed by atoms with Crippen LogP contribution in [0.4, 0.5) is 4.79 Å². The van der Waals surface area contributed by atoms with E-state index in [0.29, 0.717) is 26.2 Å². The summed E-state index contributed by atoms with van der Waals surface area (Å²) in [5.41, 5.74) is -0.510. The van der Waals surface area contributed by atoms with Gasteiger partial charge >= 0.3 is 12.1 Å². The maximum absolute atomic E-state index is 11.9. The molecule has 1 unspecified atom stereocenters. The highest BCUT2D eigenvalue weighted by molar-refractivity contribution is 5.81. The Morgan fingerprint density at radius 2 is 1.92 bits per heavy atom. The van der Waals surface area contributed by atoms with E-state index >= 15 is 0 Å². The summed E-state index contributed by atoms with van der Waals surface area (Å²) in [6.07, 6.45) is 1.32. The highest BCUT2D eigenvalue weighted by atomic mass is 16.6. The molecule has 2 N–H and O–H groups in total. The number of rotatable bonds is 5. The predicted octanol–water partition coefficient (Wildman–Crippen LogP) is 1.36. The van der Waals surface area contributed by atoms with E-state index < -0.39 is 11.7 Å². The van der Waals surface area contributed by atoms with Gasteiger partial charge in [0.05, 0.1) is 12.5 Å². The first-order valence-corrected chi connectivity index (χ1v) is 8.86. The molecule has 1 aliphatic heterocycles. The molecule has 144 valence electrons. The van der Waals surface area contributed by atoms with Gasteiger partial charge in [-0.15, -0.1) is 0 Å². The molecular formula is C17H32N4O4. The number of piperidine rings is 1. The second-order valence-corrected chi connectivity index (χ2v) is 6.94. The van der Waals surface area contributed by atoms with Crippen LogP contribution in [0.5, 0.6) is 0 Å². The number of carbonyl (C=O) groups excluding carboxylic acids is 2. The summed E-state index contributed by atoms with van der Waals surface area (Å²) in [5, 5.41) is 5.90. The van der Waals surface area contributed by atoms with Crippen LogP contribution in [0, 0.1) is 5.92 Å². The van der Waals surface area contributed by atoms with Crippen LogP contribution < -0.4 is 10.6 Å². The van der Waals surface area contributed by atoms with Gasteiger partial charge in [-0.2, -0.15) is 0 Å². The maximum Gasteiger partial charge on any atom is 0.407 e. The van der Waals surface area contributed by atoms with E-state index in [1.165, 1.54) is 0 Å². The van der Waals surface area contributed by atoms with Crippen molar-refractivity contribution in [2.24, 2.45) is 10.9 Å². The van der Waals surface area contributed by atoms with Gasteiger partial charge in [-0.1, -0.05) is 0 Å². The Hall–Kier alpha value is -1.99. The molecule has 1 heterocycles. The van der Waals surface area contributed by atoms with Gasteiger partial charge in [-0.05, 0) is 40.5 Å². The smallest absolute Gasteiger partial charge is 0.407 e. The monoisotopic (exact) mass is 356 g/mol. The number of nitrogens with one attached hydrogen (secondary N) is 2. The number of likely N-dealkylation sites (tertiary alicyclic amines) is 1. The molecule has 1 amide bonds. The fraction of sp³-hybridized carbons (Fsp3) is 0.824. The van der Waals surface area contributed by atoms with Crippen molar-refractivity contribution < 1.29 is 19.1 Å². The lowest BCUT2D eigenvalue weighted by Gasteiger charge is -2.34. The Labute approximate surface area is 150 Å². The normalized spacial score (nSPS) is 18.5. The molecule has 8 nitrogen and oxygen atoms in total. The molecule has 8 heteroatoms. The van der Waals surface area contributed by atoms with E-state index in [9.17, 15) is 9.59 Å². The van der Waals surface area contributed by atoms with Crippen molar-refractivity contribution in [3.63, 3.8) is 0 Å². The number of ether oxygens (including phenoxy) is 2. The molecule has 1 saturated heterocycles. The predicted molar refractivity (Wildman–Crippen MR) is 96.5 cm³/mol. The topological polar surface area (TPSA) is 92.3 Å². The zero-order chi connectivity index (χ0) is 18.9. The van der Waals surface area contributed by atoms with E-state index in [1.807, 2.05) is 27.7 Å². The van der Waals surface area contributed by atoms with Crippen molar-refractivity contribution in [3.05, 3.63) is 0 Å². The summed E-state index contributed by atoms with van der Waals surface area (Å²) >= 11 is 0. The zero-order valence-corrected chi connectivity index (χ0v) is 16.1. The lowest BCUT2D eigenvalue weighted by Crippen LogP contribution is -2.49. The summed E-state index contributed by atoms with van der Waals surface area (Å²) in [5.74, 6) is 0.460. The molecule has 0 aliphatic carbocycles. The van der Waals surface area contributed by atoms with E-state index in [0.717, 1.165) is 25.3 Å². The van der Waals surface area contributed by atoms with Crippen LogP contribution in [0.15, 0.2) is 4.99 Å². The Morgan fingerprint density at radius 3 is 2.52 bits per heavy atom. The fourth-order valence-electron chi connectivity index (χ4n) is 2.61. The largest absolute Gasteiger partial charge is 0.466 e. The number of alkyl carbamates (subject to hydrolysis) is 1. The Balaban J connectivity index is 2.38. The van der Waals surface area contributed by atoms with Crippen molar-refractivity contribution >= 4 is 18.0 Å². The first-order chi connectivity index (χ1) is 11.8. The SMILES string of the molecule is CCOC(=O)C1CCCN(C(=NC)NCCNC(=O)OC(C)(C)C)C1. The number of nitrogens with zero attached hydrogens (tertiary/aromatic N) is 2. The van der Waals surface area contributed by atoms with Gasteiger partial charge in [-0.3, -0.25) is 9.79 Å². The molecule has 0 aromatic carbocycles. The number of carbonyl (C=O) groups is 2. The zero-order valence-electron chi connectivity index (χ0n) is 16.1. The first-order valence-electron chi connectivity index (χ1n) is 8.86. The molecule has 25 heavy (non-hydrogen) atoms. The summed E-state index contributed by atoms with van der Waals surface area (Å²) in [6, 6.07) is 0. The number of guanidine groups is 1. The van der Waals surface area contributed by atoms with Gasteiger partial charge in [-0.25, -0.2) is 4.79 Å². The number of hydrogen-bond acceptors (Lipinski definition) is 5. The Bertz CT molecular complexity index is 474. The lowest BCUT2D eigenvalue weighted by molar-refractivity contribution is -0.149. The van der Waals surface area contributed by atoms with E-state index in [2.05, 4.69) is 20.5 Å². The number of esters is 1. The summed E-state index contributed by atoms with van der Waals surface area (Å²) in [4.78, 5) is 29.9. The van der Waals surface area contributed by atoms with Crippen LogP contribution in [0.1, 0.15) is 40.5 Å². The molecule has 0 aromatic rings. The molecule has 1 fully saturated rings. The van der Waals surface area contributed by atoms with Gasteiger partial charge < -0.3 is 25.0 Å². The summed E-state index contributed by atoms with van der Waals surface area (Å²) in [6.45, 7) is 10.1. The van der Waals surface area contributed by atoms with Gasteiger partial charge in [0.1, 0.15) is 5.60 Å². The molecule has 0 aromatic heterocycles. The quantitative estimate of drug-likeness (QED) is 0.334. The molecule has 0 spiro atoms. The summed E-state index contributed by atoms with van der Waals surface area (Å²) in [7, 11) is 1.71. The minimum Gasteiger partial charge on any atom is -0.466 e. The van der Waals surface area contributed by atoms with Crippen LogP contribution in [-0.4, -0.2) is 68.4 Å². The fourth-order valence-corrected chi connectivity index (χ4v) is 2.61.